The van der Waals surface area contributed by atoms with Crippen molar-refractivity contribution in [2.75, 3.05) is 12.4 Å². The Morgan fingerprint density at radius 3 is 2.68 bits per heavy atom. The van der Waals surface area contributed by atoms with Gasteiger partial charge in [0.25, 0.3) is 0 Å². The minimum Gasteiger partial charge on any atom is -0.497 e. The third-order valence-corrected chi connectivity index (χ3v) is 3.73. The van der Waals surface area contributed by atoms with Crippen LogP contribution in [0.4, 0.5) is 5.69 Å². The molecule has 6 heteroatoms. The lowest BCUT2D eigenvalue weighted by Crippen LogP contribution is -2.12. The van der Waals surface area contributed by atoms with Gasteiger partial charge in [-0.25, -0.2) is 0 Å². The topological polar surface area (TPSA) is 77.2 Å². The number of aromatic nitrogens is 2. The van der Waals surface area contributed by atoms with Crippen LogP contribution in [0.25, 0.3) is 11.4 Å². The predicted molar refractivity (Wildman–Crippen MR) is 94.4 cm³/mol. The molecule has 0 unspecified atom stereocenters. The lowest BCUT2D eigenvalue weighted by Gasteiger charge is -2.07. The number of amides is 1. The van der Waals surface area contributed by atoms with Gasteiger partial charge in [-0.1, -0.05) is 29.4 Å². The van der Waals surface area contributed by atoms with Crippen LogP contribution in [0.3, 0.4) is 0 Å². The van der Waals surface area contributed by atoms with Gasteiger partial charge in [0.15, 0.2) is 0 Å². The number of anilines is 1. The average Bonchev–Trinajstić information content (AvgIpc) is 3.07. The first-order chi connectivity index (χ1) is 12.1. The fourth-order valence-electron chi connectivity index (χ4n) is 2.43. The number of aryl methyl sites for hydroxylation is 2. The van der Waals surface area contributed by atoms with E-state index in [0.29, 0.717) is 30.2 Å². The van der Waals surface area contributed by atoms with E-state index in [1.165, 1.54) is 0 Å². The molecule has 2 aromatic carbocycles. The van der Waals surface area contributed by atoms with Crippen LogP contribution in [0.15, 0.2) is 53.1 Å². The Morgan fingerprint density at radius 2 is 2.00 bits per heavy atom. The average molecular weight is 337 g/mol. The molecule has 0 saturated carbocycles. The van der Waals surface area contributed by atoms with Crippen LogP contribution in [0.1, 0.15) is 17.9 Å². The summed E-state index contributed by atoms with van der Waals surface area (Å²) in [6, 6.07) is 15.1. The van der Waals surface area contributed by atoms with Crippen LogP contribution in [-0.2, 0) is 11.2 Å². The normalized spacial score (nSPS) is 10.5. The highest BCUT2D eigenvalue weighted by molar-refractivity contribution is 5.91. The maximum atomic E-state index is 12.2. The zero-order valence-corrected chi connectivity index (χ0v) is 14.2. The molecule has 128 valence electrons. The number of methoxy groups -OCH3 is 1. The van der Waals surface area contributed by atoms with E-state index < -0.39 is 0 Å². The largest absolute Gasteiger partial charge is 0.497 e. The molecule has 0 aliphatic carbocycles. The van der Waals surface area contributed by atoms with Gasteiger partial charge in [0.05, 0.1) is 7.11 Å². The summed E-state index contributed by atoms with van der Waals surface area (Å²) >= 11 is 0. The molecule has 0 saturated heterocycles. The zero-order chi connectivity index (χ0) is 17.6. The Balaban J connectivity index is 1.59. The lowest BCUT2D eigenvalue weighted by atomic mass is 10.1. The molecule has 0 radical (unpaired) electrons. The van der Waals surface area contributed by atoms with E-state index in [4.69, 9.17) is 9.26 Å². The number of hydrogen-bond donors (Lipinski definition) is 1. The molecule has 1 aromatic heterocycles. The minimum absolute atomic E-state index is 0.0442. The molecule has 0 bridgehead atoms. The Morgan fingerprint density at radius 1 is 1.20 bits per heavy atom. The van der Waals surface area contributed by atoms with E-state index >= 15 is 0 Å². The van der Waals surface area contributed by atoms with Crippen molar-refractivity contribution in [2.24, 2.45) is 0 Å². The molecule has 25 heavy (non-hydrogen) atoms. The van der Waals surface area contributed by atoms with Crippen molar-refractivity contribution in [2.45, 2.75) is 19.8 Å². The second kappa shape index (κ2) is 7.61. The fraction of sp³-hybridized carbons (Fsp3) is 0.211. The highest BCUT2D eigenvalue weighted by Crippen LogP contribution is 2.20. The van der Waals surface area contributed by atoms with Crippen molar-refractivity contribution in [1.82, 2.24) is 10.1 Å². The lowest BCUT2D eigenvalue weighted by molar-refractivity contribution is -0.116. The maximum absolute atomic E-state index is 12.2. The highest BCUT2D eigenvalue weighted by atomic mass is 16.5. The number of carbonyl (C=O) groups excluding carboxylic acids is 1. The molecule has 6 nitrogen and oxygen atoms in total. The molecular formula is C19H19N3O3. The van der Waals surface area contributed by atoms with Gasteiger partial charge in [-0.2, -0.15) is 4.98 Å². The summed E-state index contributed by atoms with van der Waals surface area (Å²) in [5, 5.41) is 6.79. The quantitative estimate of drug-likeness (QED) is 0.743. The molecule has 0 aliphatic rings. The first kappa shape index (κ1) is 16.7. The van der Waals surface area contributed by atoms with Gasteiger partial charge in [0.2, 0.25) is 17.6 Å². The number of carbonyl (C=O) groups is 1. The summed E-state index contributed by atoms with van der Waals surface area (Å²) in [7, 11) is 1.63. The van der Waals surface area contributed by atoms with Crippen LogP contribution in [0.5, 0.6) is 5.75 Å². The summed E-state index contributed by atoms with van der Waals surface area (Å²) in [4.78, 5) is 16.4. The summed E-state index contributed by atoms with van der Waals surface area (Å²) in [6.07, 6.45) is 1.07. The first-order valence-electron chi connectivity index (χ1n) is 7.97. The summed E-state index contributed by atoms with van der Waals surface area (Å²) in [5.74, 6) is 1.77. The number of rotatable bonds is 6. The second-order valence-corrected chi connectivity index (χ2v) is 5.61. The first-order valence-corrected chi connectivity index (χ1v) is 7.97. The third-order valence-electron chi connectivity index (χ3n) is 3.73. The molecule has 1 amide bonds. The van der Waals surface area contributed by atoms with E-state index in [0.717, 1.165) is 16.9 Å². The summed E-state index contributed by atoms with van der Waals surface area (Å²) < 4.78 is 10.1. The Bertz CT molecular complexity index is 856. The monoisotopic (exact) mass is 337 g/mol. The molecule has 0 aliphatic heterocycles. The van der Waals surface area contributed by atoms with Crippen molar-refractivity contribution in [3.05, 3.63) is 60.0 Å². The van der Waals surface area contributed by atoms with Gasteiger partial charge in [0, 0.05) is 24.6 Å². The van der Waals surface area contributed by atoms with Crippen molar-refractivity contribution in [3.63, 3.8) is 0 Å². The minimum atomic E-state index is -0.0442. The Kier molecular flexibility index (Phi) is 5.09. The standard InChI is InChI=1S/C19H19N3O3/c1-13-20-19(22-25-13)15-4-3-5-16(12-15)21-18(23)11-8-14-6-9-17(24-2)10-7-14/h3-7,9-10,12H,8,11H2,1-2H3,(H,21,23). The van der Waals surface area contributed by atoms with Crippen LogP contribution in [0.2, 0.25) is 0 Å². The fourth-order valence-corrected chi connectivity index (χ4v) is 2.43. The Labute approximate surface area is 145 Å². The molecule has 0 spiro atoms. The molecule has 1 N–H and O–H groups in total. The maximum Gasteiger partial charge on any atom is 0.224 e. The van der Waals surface area contributed by atoms with E-state index in [9.17, 15) is 4.79 Å². The zero-order valence-electron chi connectivity index (χ0n) is 14.2. The van der Waals surface area contributed by atoms with E-state index in [-0.39, 0.29) is 5.91 Å². The van der Waals surface area contributed by atoms with E-state index in [1.54, 1.807) is 14.0 Å². The van der Waals surface area contributed by atoms with Gasteiger partial charge >= 0.3 is 0 Å². The van der Waals surface area contributed by atoms with Crippen molar-refractivity contribution < 1.29 is 14.1 Å². The van der Waals surface area contributed by atoms with Crippen molar-refractivity contribution in [1.29, 1.82) is 0 Å². The molecule has 3 rings (SSSR count). The number of benzene rings is 2. The van der Waals surface area contributed by atoms with Crippen molar-refractivity contribution in [3.8, 4) is 17.1 Å². The second-order valence-electron chi connectivity index (χ2n) is 5.61. The number of ether oxygens (including phenoxy) is 1. The molecule has 0 atom stereocenters. The van der Waals surface area contributed by atoms with Gasteiger partial charge in [-0.3, -0.25) is 4.79 Å². The molecular weight excluding hydrogens is 318 g/mol. The molecule has 1 heterocycles. The van der Waals surface area contributed by atoms with Crippen LogP contribution < -0.4 is 10.1 Å². The predicted octanol–water partition coefficient (Wildman–Crippen LogP) is 3.62. The van der Waals surface area contributed by atoms with Crippen LogP contribution >= 0.6 is 0 Å². The summed E-state index contributed by atoms with van der Waals surface area (Å²) in [5.41, 5.74) is 2.59. The number of hydrogen-bond acceptors (Lipinski definition) is 5. The molecule has 3 aromatic rings. The molecule has 0 fully saturated rings. The van der Waals surface area contributed by atoms with Crippen LogP contribution in [-0.4, -0.2) is 23.2 Å². The SMILES string of the molecule is COc1ccc(CCC(=O)Nc2cccc(-c3noc(C)n3)c2)cc1. The summed E-state index contributed by atoms with van der Waals surface area (Å²) in [6.45, 7) is 1.74. The van der Waals surface area contributed by atoms with Crippen LogP contribution in [0, 0.1) is 6.92 Å². The van der Waals surface area contributed by atoms with Gasteiger partial charge < -0.3 is 14.6 Å². The smallest absolute Gasteiger partial charge is 0.224 e. The van der Waals surface area contributed by atoms with E-state index in [2.05, 4.69) is 15.5 Å². The number of nitrogens with one attached hydrogen (secondary N) is 1. The number of nitrogens with zero attached hydrogens (tertiary/aromatic N) is 2. The van der Waals surface area contributed by atoms with E-state index in [1.807, 2.05) is 48.5 Å². The Hall–Kier alpha value is -3.15. The van der Waals surface area contributed by atoms with Gasteiger partial charge in [0.1, 0.15) is 5.75 Å². The van der Waals surface area contributed by atoms with Crippen molar-refractivity contribution >= 4 is 11.6 Å². The highest BCUT2D eigenvalue weighted by Gasteiger charge is 2.08. The van der Waals surface area contributed by atoms with Gasteiger partial charge in [-0.15, -0.1) is 0 Å². The third kappa shape index (κ3) is 4.44. The van der Waals surface area contributed by atoms with Gasteiger partial charge in [-0.05, 0) is 36.2 Å².